The third kappa shape index (κ3) is 3.37. The number of fused-ring (bicyclic) bond motifs is 3. The van der Waals surface area contributed by atoms with Gasteiger partial charge in [-0.3, -0.25) is 0 Å². The second-order valence-electron chi connectivity index (χ2n) is 9.74. The molecule has 2 aliphatic rings. The summed E-state index contributed by atoms with van der Waals surface area (Å²) in [6.07, 6.45) is 5.97. The van der Waals surface area contributed by atoms with Gasteiger partial charge in [-0.05, 0) is 62.1 Å². The average molecular weight is 453 g/mol. The van der Waals surface area contributed by atoms with Crippen LogP contribution in [0.1, 0.15) is 42.5 Å². The molecule has 0 bridgehead atoms. The molecular formula is C27H28N6O. The van der Waals surface area contributed by atoms with Gasteiger partial charge in [0, 0.05) is 60.6 Å². The van der Waals surface area contributed by atoms with E-state index in [0.29, 0.717) is 11.0 Å². The molecule has 0 amide bonds. The van der Waals surface area contributed by atoms with Gasteiger partial charge in [0.2, 0.25) is 0 Å². The summed E-state index contributed by atoms with van der Waals surface area (Å²) >= 11 is 0. The van der Waals surface area contributed by atoms with Crippen LogP contribution >= 0.6 is 0 Å². The van der Waals surface area contributed by atoms with E-state index < -0.39 is 0 Å². The van der Waals surface area contributed by atoms with E-state index >= 15 is 0 Å². The van der Waals surface area contributed by atoms with E-state index in [1.165, 1.54) is 5.69 Å². The lowest BCUT2D eigenvalue weighted by molar-refractivity contribution is -0.000183. The van der Waals surface area contributed by atoms with Crippen molar-refractivity contribution in [2.24, 2.45) is 5.41 Å². The average Bonchev–Trinajstić information content (AvgIpc) is 3.31. The molecular weight excluding hydrogens is 424 g/mol. The van der Waals surface area contributed by atoms with E-state index in [2.05, 4.69) is 52.5 Å². The maximum Gasteiger partial charge on any atom is 0.161 e. The van der Waals surface area contributed by atoms with Crippen molar-refractivity contribution in [2.75, 3.05) is 36.5 Å². The summed E-state index contributed by atoms with van der Waals surface area (Å²) in [7, 11) is 0. The number of nitrogens with zero attached hydrogens (tertiary/aromatic N) is 5. The van der Waals surface area contributed by atoms with Crippen molar-refractivity contribution in [3.63, 3.8) is 0 Å². The SMILES string of the molecule is Cc1c(C#N)cccc1[C@@H](C)Nc1nn2ccnc2c2ccc(N3CC4(CCOCC4)C3)cc12. The molecule has 6 rings (SSSR count). The number of hydrogen-bond donors (Lipinski definition) is 1. The summed E-state index contributed by atoms with van der Waals surface area (Å²) in [6.45, 7) is 8.05. The summed E-state index contributed by atoms with van der Waals surface area (Å²) < 4.78 is 7.41. The second kappa shape index (κ2) is 8.00. The molecule has 0 radical (unpaired) electrons. The number of rotatable bonds is 4. The van der Waals surface area contributed by atoms with Gasteiger partial charge in [-0.15, -0.1) is 5.10 Å². The van der Waals surface area contributed by atoms with Gasteiger partial charge in [0.15, 0.2) is 11.5 Å². The molecule has 34 heavy (non-hydrogen) atoms. The second-order valence-corrected chi connectivity index (χ2v) is 9.74. The predicted molar refractivity (Wildman–Crippen MR) is 133 cm³/mol. The smallest absolute Gasteiger partial charge is 0.161 e. The van der Waals surface area contributed by atoms with Crippen LogP contribution in [0.25, 0.3) is 16.4 Å². The normalized spacial score (nSPS) is 18.1. The van der Waals surface area contributed by atoms with Crippen molar-refractivity contribution >= 4 is 27.9 Å². The number of aromatic nitrogens is 3. The zero-order valence-electron chi connectivity index (χ0n) is 19.6. The lowest BCUT2D eigenvalue weighted by Gasteiger charge is -2.53. The Hall–Kier alpha value is -3.63. The highest BCUT2D eigenvalue weighted by Crippen LogP contribution is 2.43. The molecule has 7 heteroatoms. The number of nitrogens with one attached hydrogen (secondary N) is 1. The van der Waals surface area contributed by atoms with Crippen LogP contribution in [0, 0.1) is 23.7 Å². The van der Waals surface area contributed by atoms with Crippen LogP contribution in [0.4, 0.5) is 11.5 Å². The monoisotopic (exact) mass is 452 g/mol. The van der Waals surface area contributed by atoms with Gasteiger partial charge in [0.1, 0.15) is 0 Å². The fraction of sp³-hybridized carbons (Fsp3) is 0.370. The predicted octanol–water partition coefficient (Wildman–Crippen LogP) is 4.85. The fourth-order valence-electron chi connectivity index (χ4n) is 5.55. The lowest BCUT2D eigenvalue weighted by atomic mass is 9.73. The van der Waals surface area contributed by atoms with Crippen molar-refractivity contribution in [2.45, 2.75) is 32.7 Å². The van der Waals surface area contributed by atoms with Gasteiger partial charge in [0.25, 0.3) is 0 Å². The Morgan fingerprint density at radius 1 is 1.15 bits per heavy atom. The van der Waals surface area contributed by atoms with E-state index in [0.717, 1.165) is 72.5 Å². The Balaban J connectivity index is 1.37. The third-order valence-corrected chi connectivity index (χ3v) is 7.62. The zero-order valence-corrected chi connectivity index (χ0v) is 19.6. The van der Waals surface area contributed by atoms with E-state index in [1.807, 2.05) is 29.8 Å². The molecule has 4 aromatic rings. The number of hydrogen-bond acceptors (Lipinski definition) is 6. The Labute approximate surface area is 199 Å². The van der Waals surface area contributed by atoms with Crippen LogP contribution in [-0.2, 0) is 4.74 Å². The standard InChI is InChI=1S/C27H28N6O/c1-18-20(15-28)4-3-5-22(18)19(2)30-25-24-14-21(32-16-27(17-32)8-12-34-13-9-27)6-7-23(24)26-29-10-11-33(26)31-25/h3-7,10-11,14,19H,8-9,12-13,16-17H2,1-2H3,(H,30,31)/t19-/m1/s1. The van der Waals surface area contributed by atoms with Crippen LogP contribution in [0.5, 0.6) is 0 Å². The summed E-state index contributed by atoms with van der Waals surface area (Å²) in [5.74, 6) is 0.818. The van der Waals surface area contributed by atoms with Crippen molar-refractivity contribution in [3.8, 4) is 6.07 Å². The van der Waals surface area contributed by atoms with Crippen LogP contribution in [0.15, 0.2) is 48.8 Å². The number of benzene rings is 2. The molecule has 172 valence electrons. The molecule has 1 atom stereocenters. The van der Waals surface area contributed by atoms with Crippen molar-refractivity contribution in [1.29, 1.82) is 5.26 Å². The van der Waals surface area contributed by atoms with Gasteiger partial charge < -0.3 is 15.0 Å². The van der Waals surface area contributed by atoms with Gasteiger partial charge in [-0.25, -0.2) is 9.50 Å². The maximum atomic E-state index is 9.45. The van der Waals surface area contributed by atoms with Gasteiger partial charge in [0.05, 0.1) is 17.7 Å². The highest BCUT2D eigenvalue weighted by atomic mass is 16.5. The van der Waals surface area contributed by atoms with Crippen molar-refractivity contribution in [1.82, 2.24) is 14.6 Å². The number of ether oxygens (including phenoxy) is 1. The lowest BCUT2D eigenvalue weighted by Crippen LogP contribution is -2.58. The molecule has 4 heterocycles. The van der Waals surface area contributed by atoms with Crippen LogP contribution < -0.4 is 10.2 Å². The van der Waals surface area contributed by atoms with Crippen molar-refractivity contribution in [3.05, 3.63) is 65.5 Å². The highest BCUT2D eigenvalue weighted by molar-refractivity contribution is 6.01. The minimum absolute atomic E-state index is 0.0110. The quantitative estimate of drug-likeness (QED) is 0.477. The molecule has 0 saturated carbocycles. The number of anilines is 2. The molecule has 2 fully saturated rings. The van der Waals surface area contributed by atoms with Gasteiger partial charge >= 0.3 is 0 Å². The van der Waals surface area contributed by atoms with E-state index in [4.69, 9.17) is 9.84 Å². The first-order chi connectivity index (χ1) is 16.6. The molecule has 1 N–H and O–H groups in total. The van der Waals surface area contributed by atoms with E-state index in [-0.39, 0.29) is 6.04 Å². The van der Waals surface area contributed by atoms with E-state index in [9.17, 15) is 5.26 Å². The van der Waals surface area contributed by atoms with Crippen LogP contribution in [0.2, 0.25) is 0 Å². The molecule has 2 aliphatic heterocycles. The molecule has 2 saturated heterocycles. The Bertz CT molecular complexity index is 1420. The van der Waals surface area contributed by atoms with E-state index in [1.54, 1.807) is 6.20 Å². The first kappa shape index (κ1) is 20.9. The van der Waals surface area contributed by atoms with Crippen LogP contribution in [-0.4, -0.2) is 40.9 Å². The fourth-order valence-corrected chi connectivity index (χ4v) is 5.55. The number of nitriles is 1. The Kier molecular flexibility index (Phi) is 4.93. The van der Waals surface area contributed by atoms with Gasteiger partial charge in [-0.1, -0.05) is 12.1 Å². The van der Waals surface area contributed by atoms with Gasteiger partial charge in [-0.2, -0.15) is 5.26 Å². The first-order valence-electron chi connectivity index (χ1n) is 11.9. The Morgan fingerprint density at radius 3 is 2.76 bits per heavy atom. The summed E-state index contributed by atoms with van der Waals surface area (Å²) in [5, 5.41) is 20.1. The Morgan fingerprint density at radius 2 is 1.97 bits per heavy atom. The molecule has 1 spiro atoms. The number of imidazole rings is 1. The topological polar surface area (TPSA) is 78.5 Å². The minimum Gasteiger partial charge on any atom is -0.381 e. The molecule has 7 nitrogen and oxygen atoms in total. The highest BCUT2D eigenvalue weighted by Gasteiger charge is 2.43. The minimum atomic E-state index is -0.0110. The molecule has 2 aromatic heterocycles. The maximum absolute atomic E-state index is 9.45. The zero-order chi connectivity index (χ0) is 23.3. The summed E-state index contributed by atoms with van der Waals surface area (Å²) in [6, 6.07) is 14.8. The molecule has 0 aliphatic carbocycles. The van der Waals surface area contributed by atoms with Crippen molar-refractivity contribution < 1.29 is 4.74 Å². The molecule has 0 unspecified atom stereocenters. The third-order valence-electron chi connectivity index (χ3n) is 7.62. The summed E-state index contributed by atoms with van der Waals surface area (Å²) in [4.78, 5) is 7.01. The molecule has 2 aromatic carbocycles. The largest absolute Gasteiger partial charge is 0.381 e. The first-order valence-corrected chi connectivity index (χ1v) is 11.9. The van der Waals surface area contributed by atoms with Crippen LogP contribution in [0.3, 0.4) is 0 Å². The summed E-state index contributed by atoms with van der Waals surface area (Å²) in [5.41, 5.74) is 5.29.